The molecule has 0 aliphatic rings. The van der Waals surface area contributed by atoms with Crippen LogP contribution in [0.2, 0.25) is 4.34 Å². The maximum Gasteiger partial charge on any atom is 0.232 e. The second kappa shape index (κ2) is 7.17. The van der Waals surface area contributed by atoms with E-state index in [4.69, 9.17) is 11.6 Å². The van der Waals surface area contributed by atoms with Gasteiger partial charge in [0.25, 0.3) is 0 Å². The normalized spacial score (nSPS) is 14.2. The minimum atomic E-state index is -1.53. The van der Waals surface area contributed by atoms with Crippen molar-refractivity contribution in [2.45, 2.75) is 32.1 Å². The first-order chi connectivity index (χ1) is 8.81. The predicted molar refractivity (Wildman–Crippen MR) is 79.4 cm³/mol. The maximum atomic E-state index is 12.0. The maximum absolute atomic E-state index is 12.0. The van der Waals surface area contributed by atoms with Gasteiger partial charge in [-0.15, -0.1) is 11.3 Å². The molecule has 0 aromatic carbocycles. The zero-order valence-electron chi connectivity index (χ0n) is 10.9. The zero-order valence-corrected chi connectivity index (χ0v) is 13.3. The number of rotatable bonds is 6. The average molecular weight is 322 g/mol. The molecule has 2 unspecified atom stereocenters. The van der Waals surface area contributed by atoms with E-state index < -0.39 is 16.0 Å². The van der Waals surface area contributed by atoms with Crippen LogP contribution < -0.4 is 5.32 Å². The van der Waals surface area contributed by atoms with Crippen molar-refractivity contribution in [1.82, 2.24) is 5.32 Å². The molecule has 2 atom stereocenters. The summed E-state index contributed by atoms with van der Waals surface area (Å²) in [6.07, 6.45) is 0. The molecule has 0 aliphatic heterocycles. The molecule has 1 N–H and O–H groups in total. The lowest BCUT2D eigenvalue weighted by molar-refractivity contribution is -0.119. The van der Waals surface area contributed by atoms with Gasteiger partial charge in [-0.3, -0.25) is 13.8 Å². The van der Waals surface area contributed by atoms with Crippen LogP contribution in [0, 0.1) is 0 Å². The lowest BCUT2D eigenvalue weighted by Crippen LogP contribution is -2.36. The van der Waals surface area contributed by atoms with E-state index in [1.807, 2.05) is 13.8 Å². The number of hydrogen-bond acceptors (Lipinski definition) is 4. The fourth-order valence-corrected chi connectivity index (χ4v) is 3.49. The Morgan fingerprint density at radius 1 is 1.37 bits per heavy atom. The quantitative estimate of drug-likeness (QED) is 0.817. The minimum Gasteiger partial charge on any atom is -0.353 e. The Morgan fingerprint density at radius 2 is 2.00 bits per heavy atom. The van der Waals surface area contributed by atoms with Gasteiger partial charge in [0.2, 0.25) is 5.91 Å². The van der Waals surface area contributed by atoms with Gasteiger partial charge in [0.1, 0.15) is 5.75 Å². The molecule has 0 saturated carbocycles. The van der Waals surface area contributed by atoms with Crippen molar-refractivity contribution < 1.29 is 13.8 Å². The van der Waals surface area contributed by atoms with Crippen LogP contribution in [0.15, 0.2) is 12.1 Å². The van der Waals surface area contributed by atoms with Gasteiger partial charge in [0, 0.05) is 16.8 Å². The van der Waals surface area contributed by atoms with Crippen molar-refractivity contribution in [1.29, 1.82) is 0 Å². The fourth-order valence-electron chi connectivity index (χ4n) is 1.38. The van der Waals surface area contributed by atoms with Crippen LogP contribution in [0.25, 0.3) is 0 Å². The van der Waals surface area contributed by atoms with Crippen molar-refractivity contribution >= 4 is 45.4 Å². The minimum absolute atomic E-state index is 0.00777. The molecule has 7 heteroatoms. The third kappa shape index (κ3) is 5.04. The number of ketones is 1. The van der Waals surface area contributed by atoms with Crippen molar-refractivity contribution in [3.8, 4) is 0 Å². The smallest absolute Gasteiger partial charge is 0.232 e. The van der Waals surface area contributed by atoms with Gasteiger partial charge in [-0.2, -0.15) is 0 Å². The Labute approximate surface area is 124 Å². The number of Topliss-reactive ketones (excluding diaryl/α,β-unsaturated/α-hetero) is 1. The summed E-state index contributed by atoms with van der Waals surface area (Å²) in [6, 6.07) is 3.23. The average Bonchev–Trinajstić information content (AvgIpc) is 2.72. The van der Waals surface area contributed by atoms with Crippen molar-refractivity contribution in [3.05, 3.63) is 21.3 Å². The molecule has 0 fully saturated rings. The van der Waals surface area contributed by atoms with Crippen LogP contribution in [0.5, 0.6) is 0 Å². The standard InChI is InChI=1S/C12H16ClNO3S2/c1-7(2)14-11(15)6-19(17)8(3)12(16)9-4-5-10(13)18-9/h4-5,7-8H,6H2,1-3H3,(H,14,15). The summed E-state index contributed by atoms with van der Waals surface area (Å²) in [5, 5.41) is 1.93. The van der Waals surface area contributed by atoms with E-state index in [1.54, 1.807) is 19.1 Å². The molecule has 0 bridgehead atoms. The van der Waals surface area contributed by atoms with E-state index in [1.165, 1.54) is 0 Å². The lowest BCUT2D eigenvalue weighted by atomic mass is 10.2. The number of amides is 1. The highest BCUT2D eigenvalue weighted by atomic mass is 35.5. The van der Waals surface area contributed by atoms with Gasteiger partial charge < -0.3 is 5.32 Å². The van der Waals surface area contributed by atoms with Gasteiger partial charge in [0.15, 0.2) is 5.78 Å². The summed E-state index contributed by atoms with van der Waals surface area (Å²) in [6.45, 7) is 5.21. The van der Waals surface area contributed by atoms with Crippen LogP contribution in [-0.2, 0) is 15.6 Å². The van der Waals surface area contributed by atoms with Crippen LogP contribution in [0.1, 0.15) is 30.4 Å². The van der Waals surface area contributed by atoms with Gasteiger partial charge in [0.05, 0.1) is 14.5 Å². The number of halogens is 1. The number of carbonyl (C=O) groups is 2. The molecule has 0 saturated heterocycles. The van der Waals surface area contributed by atoms with Gasteiger partial charge in [-0.25, -0.2) is 0 Å². The topological polar surface area (TPSA) is 63.2 Å². The van der Waals surface area contributed by atoms with Crippen LogP contribution >= 0.6 is 22.9 Å². The third-order valence-corrected chi connectivity index (χ3v) is 5.10. The fraction of sp³-hybridized carbons (Fsp3) is 0.500. The molecule has 19 heavy (non-hydrogen) atoms. The van der Waals surface area contributed by atoms with Gasteiger partial charge >= 0.3 is 0 Å². The number of nitrogens with one attached hydrogen (secondary N) is 1. The Kier molecular flexibility index (Phi) is 6.16. The highest BCUT2D eigenvalue weighted by Gasteiger charge is 2.24. The van der Waals surface area contributed by atoms with E-state index in [0.29, 0.717) is 9.21 Å². The summed E-state index contributed by atoms with van der Waals surface area (Å²) in [5.41, 5.74) is 0. The molecular weight excluding hydrogens is 306 g/mol. The molecule has 106 valence electrons. The summed E-state index contributed by atoms with van der Waals surface area (Å²) >= 11 is 6.91. The Morgan fingerprint density at radius 3 is 2.47 bits per heavy atom. The number of hydrogen-bond donors (Lipinski definition) is 1. The summed E-state index contributed by atoms with van der Waals surface area (Å²) in [5.74, 6) is -0.714. The molecular formula is C12H16ClNO3S2. The van der Waals surface area contributed by atoms with Gasteiger partial charge in [-0.05, 0) is 32.9 Å². The molecule has 0 radical (unpaired) electrons. The molecule has 0 spiro atoms. The summed E-state index contributed by atoms with van der Waals surface area (Å²) < 4.78 is 12.5. The zero-order chi connectivity index (χ0) is 14.6. The predicted octanol–water partition coefficient (Wildman–Crippen LogP) is 2.25. The lowest BCUT2D eigenvalue weighted by Gasteiger charge is -2.11. The second-order valence-electron chi connectivity index (χ2n) is 4.36. The third-order valence-electron chi connectivity index (χ3n) is 2.30. The largest absolute Gasteiger partial charge is 0.353 e. The first kappa shape index (κ1) is 16.3. The van der Waals surface area contributed by atoms with E-state index in [2.05, 4.69) is 5.32 Å². The molecule has 0 aliphatic carbocycles. The molecule has 1 aromatic heterocycles. The molecule has 1 heterocycles. The molecule has 1 amide bonds. The van der Waals surface area contributed by atoms with E-state index in [9.17, 15) is 13.8 Å². The molecule has 1 aromatic rings. The molecule has 1 rings (SSSR count). The van der Waals surface area contributed by atoms with Crippen molar-refractivity contribution in [3.63, 3.8) is 0 Å². The number of thiophene rings is 1. The SMILES string of the molecule is CC(C)NC(=O)CS(=O)C(C)C(=O)c1ccc(Cl)s1. The Balaban J connectivity index is 2.62. The Hall–Kier alpha value is -0.720. The highest BCUT2D eigenvalue weighted by Crippen LogP contribution is 2.23. The van der Waals surface area contributed by atoms with E-state index in [0.717, 1.165) is 11.3 Å². The summed E-state index contributed by atoms with van der Waals surface area (Å²) in [4.78, 5) is 24.0. The first-order valence-electron chi connectivity index (χ1n) is 5.77. The highest BCUT2D eigenvalue weighted by molar-refractivity contribution is 7.87. The van der Waals surface area contributed by atoms with Crippen LogP contribution in [-0.4, -0.2) is 32.9 Å². The molecule has 4 nitrogen and oxygen atoms in total. The Bertz CT molecular complexity index is 499. The van der Waals surface area contributed by atoms with Crippen LogP contribution in [0.3, 0.4) is 0 Å². The van der Waals surface area contributed by atoms with Crippen molar-refractivity contribution in [2.75, 3.05) is 5.75 Å². The van der Waals surface area contributed by atoms with Crippen molar-refractivity contribution in [2.24, 2.45) is 0 Å². The van der Waals surface area contributed by atoms with Crippen LogP contribution in [0.4, 0.5) is 0 Å². The number of carbonyl (C=O) groups excluding carboxylic acids is 2. The van der Waals surface area contributed by atoms with Gasteiger partial charge in [-0.1, -0.05) is 11.6 Å². The van der Waals surface area contributed by atoms with E-state index in [-0.39, 0.29) is 23.5 Å². The monoisotopic (exact) mass is 321 g/mol. The first-order valence-corrected chi connectivity index (χ1v) is 8.35. The second-order valence-corrected chi connectivity index (χ2v) is 7.83. The van der Waals surface area contributed by atoms with E-state index >= 15 is 0 Å². The summed E-state index contributed by atoms with van der Waals surface area (Å²) in [7, 11) is -1.53.